The van der Waals surface area contributed by atoms with E-state index in [0.29, 0.717) is 56.4 Å². The van der Waals surface area contributed by atoms with Gasteiger partial charge in [-0.25, -0.2) is 22.9 Å². The van der Waals surface area contributed by atoms with Gasteiger partial charge in [0.25, 0.3) is 0 Å². The molecule has 0 radical (unpaired) electrons. The van der Waals surface area contributed by atoms with Gasteiger partial charge in [0.1, 0.15) is 4.60 Å². The topological polar surface area (TPSA) is 96.2 Å². The molecule has 4 rings (SSSR count). The maximum Gasteiger partial charge on any atom is 0.211 e. The van der Waals surface area contributed by atoms with Gasteiger partial charge in [0.2, 0.25) is 10.0 Å². The van der Waals surface area contributed by atoms with Gasteiger partial charge in [-0.15, -0.1) is 5.10 Å². The first-order valence-electron chi connectivity index (χ1n) is 8.82. The molecule has 0 atom stereocenters. The number of halogens is 1. The first kappa shape index (κ1) is 19.0. The Hall–Kier alpha value is -1.34. The number of ether oxygens (including phenoxy) is 1. The predicted octanol–water partition coefficient (Wildman–Crippen LogP) is -0.199. The van der Waals surface area contributed by atoms with Crippen LogP contribution in [-0.4, -0.2) is 95.9 Å². The highest BCUT2D eigenvalue weighted by molar-refractivity contribution is 9.10. The average molecular weight is 460 g/mol. The smallest absolute Gasteiger partial charge is 0.211 e. The summed E-state index contributed by atoms with van der Waals surface area (Å²) in [6.45, 7) is 5.80. The van der Waals surface area contributed by atoms with E-state index in [1.54, 1.807) is 10.7 Å². The molecule has 2 aliphatic rings. The van der Waals surface area contributed by atoms with Crippen molar-refractivity contribution in [3.05, 3.63) is 16.6 Å². The highest BCUT2D eigenvalue weighted by atomic mass is 79.9. The molecule has 148 valence electrons. The number of hydrogen-bond acceptors (Lipinski definition) is 8. The van der Waals surface area contributed by atoms with Crippen LogP contribution >= 0.6 is 15.9 Å². The van der Waals surface area contributed by atoms with E-state index in [1.807, 2.05) is 0 Å². The maximum absolute atomic E-state index is 11.6. The molecule has 10 nitrogen and oxygen atoms in total. The lowest BCUT2D eigenvalue weighted by molar-refractivity contribution is 0.122. The highest BCUT2D eigenvalue weighted by Gasteiger charge is 2.25. The van der Waals surface area contributed by atoms with Gasteiger partial charge in [-0.1, -0.05) is 0 Å². The predicted molar refractivity (Wildman–Crippen MR) is 103 cm³/mol. The lowest BCUT2D eigenvalue weighted by atomic mass is 10.3. The van der Waals surface area contributed by atoms with Gasteiger partial charge in [-0.05, 0) is 15.9 Å². The molecule has 0 saturated carbocycles. The lowest BCUT2D eigenvalue weighted by Gasteiger charge is -2.32. The minimum Gasteiger partial charge on any atom is -0.378 e. The summed E-state index contributed by atoms with van der Waals surface area (Å²) in [5.41, 5.74) is 0.727. The standard InChI is InChI=1S/C15H22BrN7O3S/c1-27(24,25)22-4-2-20(3-5-22)11-13-18-15-14(21-6-8-26-9-7-21)17-12(16)10-23(15)19-13/h10H,2-9,11H2,1H3. The average Bonchev–Trinajstić information content (AvgIpc) is 3.03. The van der Waals surface area contributed by atoms with Gasteiger partial charge in [0.15, 0.2) is 17.3 Å². The fourth-order valence-electron chi connectivity index (χ4n) is 3.36. The van der Waals surface area contributed by atoms with Gasteiger partial charge in [0, 0.05) is 39.3 Å². The molecule has 4 heterocycles. The van der Waals surface area contributed by atoms with Gasteiger partial charge >= 0.3 is 0 Å². The van der Waals surface area contributed by atoms with E-state index in [2.05, 4.69) is 35.8 Å². The van der Waals surface area contributed by atoms with E-state index < -0.39 is 10.0 Å². The van der Waals surface area contributed by atoms with Crippen molar-refractivity contribution in [2.45, 2.75) is 6.54 Å². The zero-order valence-electron chi connectivity index (χ0n) is 15.1. The molecular formula is C15H22BrN7O3S. The number of rotatable bonds is 4. The summed E-state index contributed by atoms with van der Waals surface area (Å²) in [5.74, 6) is 1.51. The van der Waals surface area contributed by atoms with Crippen LogP contribution in [0.3, 0.4) is 0 Å². The Morgan fingerprint density at radius 1 is 1.11 bits per heavy atom. The Kier molecular flexibility index (Phi) is 5.34. The second-order valence-corrected chi connectivity index (χ2v) is 9.52. The monoisotopic (exact) mass is 459 g/mol. The molecule has 2 fully saturated rings. The number of fused-ring (bicyclic) bond motifs is 1. The van der Waals surface area contributed by atoms with E-state index in [0.717, 1.165) is 24.6 Å². The summed E-state index contributed by atoms with van der Waals surface area (Å²) in [7, 11) is -3.12. The van der Waals surface area contributed by atoms with Crippen LogP contribution in [0, 0.1) is 0 Å². The summed E-state index contributed by atoms with van der Waals surface area (Å²) in [6, 6.07) is 0. The molecular weight excluding hydrogens is 438 g/mol. The minimum absolute atomic E-state index is 0.498. The molecule has 0 bridgehead atoms. The largest absolute Gasteiger partial charge is 0.378 e. The number of aromatic nitrogens is 4. The maximum atomic E-state index is 11.6. The van der Waals surface area contributed by atoms with Crippen LogP contribution in [-0.2, 0) is 21.3 Å². The van der Waals surface area contributed by atoms with E-state index in [-0.39, 0.29) is 0 Å². The summed E-state index contributed by atoms with van der Waals surface area (Å²) in [5, 5.41) is 4.60. The molecule has 27 heavy (non-hydrogen) atoms. The minimum atomic E-state index is -3.12. The molecule has 2 aromatic heterocycles. The zero-order chi connectivity index (χ0) is 19.0. The SMILES string of the molecule is CS(=O)(=O)N1CCN(Cc2nc3c(N4CCOCC4)nc(Br)cn3n2)CC1. The van der Waals surface area contributed by atoms with Crippen LogP contribution in [0.4, 0.5) is 5.82 Å². The number of hydrogen-bond donors (Lipinski definition) is 0. The van der Waals surface area contributed by atoms with Gasteiger partial charge in [-0.2, -0.15) is 4.31 Å². The van der Waals surface area contributed by atoms with E-state index >= 15 is 0 Å². The van der Waals surface area contributed by atoms with Gasteiger partial charge in [0.05, 0.1) is 32.2 Å². The molecule has 0 aromatic carbocycles. The summed E-state index contributed by atoms with van der Waals surface area (Å²) in [4.78, 5) is 13.6. The van der Waals surface area contributed by atoms with Crippen molar-refractivity contribution in [3.8, 4) is 0 Å². The third kappa shape index (κ3) is 4.24. The molecule has 2 aliphatic heterocycles. The molecule has 0 unspecified atom stereocenters. The fourth-order valence-corrected chi connectivity index (χ4v) is 4.55. The van der Waals surface area contributed by atoms with Gasteiger partial charge in [-0.3, -0.25) is 4.90 Å². The van der Waals surface area contributed by atoms with Crippen LogP contribution in [0.25, 0.3) is 5.65 Å². The van der Waals surface area contributed by atoms with E-state index in [4.69, 9.17) is 9.72 Å². The zero-order valence-corrected chi connectivity index (χ0v) is 17.5. The highest BCUT2D eigenvalue weighted by Crippen LogP contribution is 2.22. The van der Waals surface area contributed by atoms with Crippen molar-refractivity contribution in [1.82, 2.24) is 28.8 Å². The molecule has 0 spiro atoms. The van der Waals surface area contributed by atoms with E-state index in [1.165, 1.54) is 10.6 Å². The first-order valence-corrected chi connectivity index (χ1v) is 11.5. The molecule has 0 N–H and O–H groups in total. The number of nitrogens with zero attached hydrogens (tertiary/aromatic N) is 7. The van der Waals surface area contributed by atoms with Gasteiger partial charge < -0.3 is 9.64 Å². The van der Waals surface area contributed by atoms with Crippen molar-refractivity contribution < 1.29 is 13.2 Å². The van der Waals surface area contributed by atoms with Crippen LogP contribution in [0.5, 0.6) is 0 Å². The first-order chi connectivity index (χ1) is 12.9. The molecule has 0 amide bonds. The lowest BCUT2D eigenvalue weighted by Crippen LogP contribution is -2.47. The Labute approximate surface area is 166 Å². The van der Waals surface area contributed by atoms with E-state index in [9.17, 15) is 8.42 Å². The number of morpholine rings is 1. The Morgan fingerprint density at radius 3 is 2.48 bits per heavy atom. The number of sulfonamides is 1. The van der Waals surface area contributed by atoms with Crippen LogP contribution in [0.1, 0.15) is 5.82 Å². The van der Waals surface area contributed by atoms with Crippen LogP contribution < -0.4 is 4.90 Å². The fraction of sp³-hybridized carbons (Fsp3) is 0.667. The van der Waals surface area contributed by atoms with Crippen molar-refractivity contribution in [1.29, 1.82) is 0 Å². The Morgan fingerprint density at radius 2 is 1.81 bits per heavy atom. The number of piperazine rings is 1. The quantitative estimate of drug-likeness (QED) is 0.619. The third-order valence-corrected chi connectivity index (χ3v) is 6.48. The molecule has 2 saturated heterocycles. The summed E-state index contributed by atoms with van der Waals surface area (Å²) >= 11 is 3.45. The molecule has 0 aliphatic carbocycles. The Balaban J connectivity index is 1.52. The number of anilines is 1. The summed E-state index contributed by atoms with van der Waals surface area (Å²) in [6.07, 6.45) is 3.06. The van der Waals surface area contributed by atoms with Crippen molar-refractivity contribution in [2.24, 2.45) is 0 Å². The third-order valence-electron chi connectivity index (χ3n) is 4.79. The summed E-state index contributed by atoms with van der Waals surface area (Å²) < 4.78 is 32.7. The van der Waals surface area contributed by atoms with Crippen LogP contribution in [0.15, 0.2) is 10.8 Å². The van der Waals surface area contributed by atoms with Crippen molar-refractivity contribution in [3.63, 3.8) is 0 Å². The van der Waals surface area contributed by atoms with Crippen molar-refractivity contribution in [2.75, 3.05) is 63.6 Å². The van der Waals surface area contributed by atoms with Crippen molar-refractivity contribution >= 4 is 37.4 Å². The normalized spacial score (nSPS) is 20.4. The molecule has 12 heteroatoms. The second-order valence-electron chi connectivity index (χ2n) is 6.72. The van der Waals surface area contributed by atoms with Crippen LogP contribution in [0.2, 0.25) is 0 Å². The molecule has 2 aromatic rings. The second kappa shape index (κ2) is 7.59. The Bertz CT molecular complexity index is 921.